The molecule has 6 heterocycles. The molecule has 0 spiro atoms. The van der Waals surface area contributed by atoms with E-state index in [0.29, 0.717) is 0 Å². The van der Waals surface area contributed by atoms with Gasteiger partial charge in [0.05, 0.1) is 27.6 Å². The van der Waals surface area contributed by atoms with Gasteiger partial charge in [-0.25, -0.2) is 15.0 Å². The van der Waals surface area contributed by atoms with Gasteiger partial charge in [-0.2, -0.15) is 0 Å². The first-order chi connectivity index (χ1) is 21.9. The van der Waals surface area contributed by atoms with Crippen molar-refractivity contribution in [3.63, 3.8) is 0 Å². The van der Waals surface area contributed by atoms with E-state index in [-0.39, 0.29) is 0 Å². The third-order valence-electron chi connectivity index (χ3n) is 8.28. The van der Waals surface area contributed by atoms with Crippen LogP contribution < -0.4 is 0 Å². The quantitative estimate of drug-likeness (QED) is 0.214. The number of benzene rings is 3. The second-order valence-electron chi connectivity index (χ2n) is 10.8. The van der Waals surface area contributed by atoms with Crippen molar-refractivity contribution in [1.82, 2.24) is 29.1 Å². The molecule has 0 saturated heterocycles. The van der Waals surface area contributed by atoms with Crippen molar-refractivity contribution < 1.29 is 0 Å². The molecule has 0 N–H and O–H groups in total. The normalized spacial score (nSPS) is 11.6. The van der Waals surface area contributed by atoms with E-state index in [2.05, 4.69) is 106 Å². The molecule has 0 atom stereocenters. The van der Waals surface area contributed by atoms with Crippen molar-refractivity contribution in [2.75, 3.05) is 0 Å². The summed E-state index contributed by atoms with van der Waals surface area (Å²) in [5, 5.41) is 1.06. The van der Waals surface area contributed by atoms with Crippen LogP contribution in [0.2, 0.25) is 0 Å². The molecule has 9 rings (SSSR count). The molecule has 0 fully saturated rings. The van der Waals surface area contributed by atoms with Crippen molar-refractivity contribution in [3.05, 3.63) is 146 Å². The van der Waals surface area contributed by atoms with E-state index in [1.165, 1.54) is 0 Å². The maximum absolute atomic E-state index is 5.37. The Labute approximate surface area is 252 Å². The van der Waals surface area contributed by atoms with Crippen LogP contribution in [0.1, 0.15) is 0 Å². The topological polar surface area (TPSA) is 61.4 Å². The third kappa shape index (κ3) is 3.61. The lowest BCUT2D eigenvalue weighted by atomic mass is 10.1. The minimum absolute atomic E-state index is 0.832. The Bertz CT molecular complexity index is 2320. The van der Waals surface area contributed by atoms with Crippen molar-refractivity contribution in [1.29, 1.82) is 0 Å². The zero-order valence-corrected chi connectivity index (χ0v) is 23.5. The SMILES string of the molecule is c1ccc(-c2cccnc2-n2c3ccccc3c3nc4c5ncccc5n(-c5ncccc5-c5ccccc5)c4cc32)cc1. The van der Waals surface area contributed by atoms with Gasteiger partial charge < -0.3 is 0 Å². The lowest BCUT2D eigenvalue weighted by Gasteiger charge is -2.14. The average Bonchev–Trinajstić information content (AvgIpc) is 3.60. The molecule has 0 amide bonds. The lowest BCUT2D eigenvalue weighted by Crippen LogP contribution is -2.02. The molecule has 0 unspecified atom stereocenters. The number of aromatic nitrogens is 6. The number of hydrogen-bond acceptors (Lipinski definition) is 4. The molecule has 0 radical (unpaired) electrons. The molecular formula is C38H24N6. The molecule has 0 bridgehead atoms. The van der Waals surface area contributed by atoms with Gasteiger partial charge in [-0.05, 0) is 59.7 Å². The summed E-state index contributed by atoms with van der Waals surface area (Å²) in [6.07, 6.45) is 5.53. The summed E-state index contributed by atoms with van der Waals surface area (Å²) < 4.78 is 4.44. The van der Waals surface area contributed by atoms with Crippen molar-refractivity contribution in [2.24, 2.45) is 0 Å². The fraction of sp³-hybridized carbons (Fsp3) is 0. The van der Waals surface area contributed by atoms with E-state index in [1.807, 2.05) is 48.9 Å². The zero-order chi connectivity index (χ0) is 29.0. The molecule has 9 aromatic rings. The average molecular weight is 565 g/mol. The Hall–Kier alpha value is -6.14. The molecule has 6 heteroatoms. The number of pyridine rings is 4. The highest BCUT2D eigenvalue weighted by molar-refractivity contribution is 6.14. The Balaban J connectivity index is 1.43. The summed E-state index contributed by atoms with van der Waals surface area (Å²) in [5.41, 5.74) is 10.8. The zero-order valence-electron chi connectivity index (χ0n) is 23.5. The third-order valence-corrected chi connectivity index (χ3v) is 8.28. The first-order valence-electron chi connectivity index (χ1n) is 14.6. The predicted octanol–water partition coefficient (Wildman–Crippen LogP) is 8.79. The second kappa shape index (κ2) is 9.71. The van der Waals surface area contributed by atoms with Gasteiger partial charge in [0.15, 0.2) is 0 Å². The smallest absolute Gasteiger partial charge is 0.145 e. The van der Waals surface area contributed by atoms with Crippen LogP contribution in [0.4, 0.5) is 0 Å². The summed E-state index contributed by atoms with van der Waals surface area (Å²) in [6, 6.07) is 43.7. The molecule has 0 aliphatic carbocycles. The molecule has 6 aromatic heterocycles. The maximum atomic E-state index is 5.37. The summed E-state index contributed by atoms with van der Waals surface area (Å²) in [5.74, 6) is 1.69. The summed E-state index contributed by atoms with van der Waals surface area (Å²) in [4.78, 5) is 20.1. The number of rotatable bonds is 4. The molecule has 206 valence electrons. The Kier molecular flexibility index (Phi) is 5.40. The molecule has 0 saturated carbocycles. The van der Waals surface area contributed by atoms with Crippen molar-refractivity contribution >= 4 is 44.0 Å². The second-order valence-corrected chi connectivity index (χ2v) is 10.8. The number of para-hydroxylation sites is 1. The van der Waals surface area contributed by atoms with Gasteiger partial charge in [0.2, 0.25) is 0 Å². The van der Waals surface area contributed by atoms with Crippen LogP contribution in [-0.2, 0) is 0 Å². The van der Waals surface area contributed by atoms with E-state index in [0.717, 1.165) is 77.9 Å². The van der Waals surface area contributed by atoms with Crippen molar-refractivity contribution in [2.45, 2.75) is 0 Å². The Morgan fingerprint density at radius 2 is 0.909 bits per heavy atom. The van der Waals surface area contributed by atoms with Gasteiger partial charge in [0.25, 0.3) is 0 Å². The minimum atomic E-state index is 0.832. The van der Waals surface area contributed by atoms with Crippen LogP contribution in [0, 0.1) is 0 Å². The lowest BCUT2D eigenvalue weighted by molar-refractivity contribution is 1.07. The van der Waals surface area contributed by atoms with E-state index in [9.17, 15) is 0 Å². The molecule has 6 nitrogen and oxygen atoms in total. The van der Waals surface area contributed by atoms with E-state index >= 15 is 0 Å². The molecule has 44 heavy (non-hydrogen) atoms. The minimum Gasteiger partial charge on any atom is -0.292 e. The fourth-order valence-electron chi connectivity index (χ4n) is 6.39. The highest BCUT2D eigenvalue weighted by atomic mass is 15.1. The molecular weight excluding hydrogens is 540 g/mol. The van der Waals surface area contributed by atoms with Gasteiger partial charge in [0, 0.05) is 35.1 Å². The molecule has 0 aliphatic heterocycles. The van der Waals surface area contributed by atoms with Gasteiger partial charge in [-0.1, -0.05) is 78.9 Å². The standard InChI is InChI=1S/C38H24N6/c1-3-12-25(13-4-1)27-17-9-22-40-37(27)43-30-19-8-7-16-29(30)34-32(43)24-33-36(42-34)35-31(20-11-21-39-35)44(33)38-28(18-10-23-41-38)26-14-5-2-6-15-26/h1-24H. The first kappa shape index (κ1) is 24.5. The predicted molar refractivity (Wildman–Crippen MR) is 177 cm³/mol. The largest absolute Gasteiger partial charge is 0.292 e. The van der Waals surface area contributed by atoms with E-state index in [1.54, 1.807) is 0 Å². The van der Waals surface area contributed by atoms with Crippen LogP contribution >= 0.6 is 0 Å². The van der Waals surface area contributed by atoms with Crippen LogP contribution in [-0.4, -0.2) is 29.1 Å². The molecule has 3 aromatic carbocycles. The van der Waals surface area contributed by atoms with Gasteiger partial charge in [0.1, 0.15) is 22.7 Å². The first-order valence-corrected chi connectivity index (χ1v) is 14.6. The van der Waals surface area contributed by atoms with Crippen LogP contribution in [0.25, 0.3) is 77.9 Å². The molecule has 0 aliphatic rings. The van der Waals surface area contributed by atoms with Crippen LogP contribution in [0.3, 0.4) is 0 Å². The summed E-state index contributed by atoms with van der Waals surface area (Å²) in [7, 11) is 0. The highest BCUT2D eigenvalue weighted by Crippen LogP contribution is 2.39. The summed E-state index contributed by atoms with van der Waals surface area (Å²) in [6.45, 7) is 0. The van der Waals surface area contributed by atoms with E-state index in [4.69, 9.17) is 19.9 Å². The number of fused-ring (bicyclic) bond motifs is 6. The van der Waals surface area contributed by atoms with Crippen molar-refractivity contribution in [3.8, 4) is 33.9 Å². The van der Waals surface area contributed by atoms with Crippen LogP contribution in [0.15, 0.2) is 146 Å². The van der Waals surface area contributed by atoms with Crippen LogP contribution in [0.5, 0.6) is 0 Å². The van der Waals surface area contributed by atoms with Gasteiger partial charge in [-0.15, -0.1) is 0 Å². The van der Waals surface area contributed by atoms with Gasteiger partial charge >= 0.3 is 0 Å². The van der Waals surface area contributed by atoms with Gasteiger partial charge in [-0.3, -0.25) is 14.1 Å². The number of nitrogens with zero attached hydrogens (tertiary/aromatic N) is 6. The fourth-order valence-corrected chi connectivity index (χ4v) is 6.39. The highest BCUT2D eigenvalue weighted by Gasteiger charge is 2.23. The monoisotopic (exact) mass is 564 g/mol. The van der Waals surface area contributed by atoms with E-state index < -0.39 is 0 Å². The Morgan fingerprint density at radius 3 is 1.59 bits per heavy atom. The number of hydrogen-bond donors (Lipinski definition) is 0. The Morgan fingerprint density at radius 1 is 0.386 bits per heavy atom. The maximum Gasteiger partial charge on any atom is 0.145 e. The summed E-state index contributed by atoms with van der Waals surface area (Å²) >= 11 is 0.